The minimum absolute atomic E-state index is 0. The normalized spacial score (nSPS) is 13.3. The smallest absolute Gasteiger partial charge is 0.244 e. The van der Waals surface area contributed by atoms with E-state index in [1.165, 1.54) is 0 Å². The molecule has 154 valence electrons. The molecule has 9 heteroatoms. The second-order valence-corrected chi connectivity index (χ2v) is 6.95. The summed E-state index contributed by atoms with van der Waals surface area (Å²) in [6, 6.07) is 11.4. The van der Waals surface area contributed by atoms with Gasteiger partial charge in [-0.3, -0.25) is 9.78 Å². The molecule has 2 N–H and O–H groups in total. The Hall–Kier alpha value is -2.48. The number of carbonyl (C=O) groups excluding carboxylic acids is 1. The maximum Gasteiger partial charge on any atom is 0.244 e. The number of carbonyl (C=O) groups is 1. The molecule has 1 amide bonds. The maximum atomic E-state index is 12.9. The minimum Gasteiger partial charge on any atom is -0.332 e. The van der Waals surface area contributed by atoms with Crippen LogP contribution in [0.4, 0.5) is 0 Å². The molecule has 0 unspecified atom stereocenters. The number of aromatic nitrogens is 4. The second kappa shape index (κ2) is 9.35. The van der Waals surface area contributed by atoms with E-state index in [2.05, 4.69) is 15.1 Å². The summed E-state index contributed by atoms with van der Waals surface area (Å²) in [4.78, 5) is 23.6. The van der Waals surface area contributed by atoms with Crippen LogP contribution in [0.2, 0.25) is 0 Å². The molecule has 0 radical (unpaired) electrons. The molecule has 3 aromatic rings. The Morgan fingerprint density at radius 2 is 1.86 bits per heavy atom. The number of fused-ring (bicyclic) bond motifs is 1. The van der Waals surface area contributed by atoms with Gasteiger partial charge < -0.3 is 10.6 Å². The van der Waals surface area contributed by atoms with Gasteiger partial charge in [0.15, 0.2) is 5.82 Å². The Kier molecular flexibility index (Phi) is 7.35. The van der Waals surface area contributed by atoms with Crippen LogP contribution in [-0.4, -0.2) is 30.6 Å². The molecule has 0 spiro atoms. The highest BCUT2D eigenvalue weighted by molar-refractivity contribution is 5.85. The summed E-state index contributed by atoms with van der Waals surface area (Å²) >= 11 is 0. The number of pyridine rings is 1. The van der Waals surface area contributed by atoms with E-state index >= 15 is 0 Å². The molecule has 0 bridgehead atoms. The molecule has 29 heavy (non-hydrogen) atoms. The first-order valence-corrected chi connectivity index (χ1v) is 8.99. The van der Waals surface area contributed by atoms with Crippen LogP contribution in [0.3, 0.4) is 0 Å². The molecule has 1 aliphatic rings. The lowest BCUT2D eigenvalue weighted by Gasteiger charge is -2.16. The van der Waals surface area contributed by atoms with Gasteiger partial charge in [-0.25, -0.2) is 9.67 Å². The van der Waals surface area contributed by atoms with Gasteiger partial charge in [0, 0.05) is 30.5 Å². The van der Waals surface area contributed by atoms with Crippen LogP contribution >= 0.6 is 24.8 Å². The fourth-order valence-corrected chi connectivity index (χ4v) is 3.32. The van der Waals surface area contributed by atoms with Crippen molar-refractivity contribution in [1.82, 2.24) is 24.6 Å². The first kappa shape index (κ1) is 22.8. The lowest BCUT2D eigenvalue weighted by Crippen LogP contribution is -2.30. The molecule has 4 rings (SSSR count). The quantitative estimate of drug-likeness (QED) is 0.681. The van der Waals surface area contributed by atoms with Crippen LogP contribution in [0.5, 0.6) is 0 Å². The standard InChI is InChI=1S/C20H22N6O.2ClH/c1-13-8-16-10-25(11-17(16)9-22-13)18(27)12-26-20(14(2)21)23-19(24-26)15-6-4-3-5-7-15;;/h3-9,14H,10-12,21H2,1-2H3;2*1H/t14-;;/m0../s1. The van der Waals surface area contributed by atoms with Crippen molar-refractivity contribution < 1.29 is 4.79 Å². The van der Waals surface area contributed by atoms with Gasteiger partial charge >= 0.3 is 0 Å². The van der Waals surface area contributed by atoms with E-state index in [0.717, 1.165) is 22.4 Å². The summed E-state index contributed by atoms with van der Waals surface area (Å²) in [6.07, 6.45) is 1.86. The summed E-state index contributed by atoms with van der Waals surface area (Å²) in [6.45, 7) is 5.11. The van der Waals surface area contributed by atoms with Gasteiger partial charge in [-0.1, -0.05) is 30.3 Å². The van der Waals surface area contributed by atoms with Crippen molar-refractivity contribution in [2.45, 2.75) is 39.5 Å². The summed E-state index contributed by atoms with van der Waals surface area (Å²) in [7, 11) is 0. The van der Waals surface area contributed by atoms with Crippen LogP contribution in [0.1, 0.15) is 35.6 Å². The first-order valence-electron chi connectivity index (χ1n) is 8.99. The summed E-state index contributed by atoms with van der Waals surface area (Å²) < 4.78 is 1.63. The number of aryl methyl sites for hydroxylation is 1. The third-order valence-electron chi connectivity index (χ3n) is 4.72. The molecule has 7 nitrogen and oxygen atoms in total. The van der Waals surface area contributed by atoms with Crippen LogP contribution in [-0.2, 0) is 24.4 Å². The van der Waals surface area contributed by atoms with Gasteiger partial charge in [0.1, 0.15) is 12.4 Å². The third-order valence-corrected chi connectivity index (χ3v) is 4.72. The zero-order valence-corrected chi connectivity index (χ0v) is 17.9. The molecule has 0 saturated carbocycles. The van der Waals surface area contributed by atoms with Crippen molar-refractivity contribution >= 4 is 30.7 Å². The lowest BCUT2D eigenvalue weighted by molar-refractivity contribution is -0.132. The van der Waals surface area contributed by atoms with Crippen LogP contribution in [0.25, 0.3) is 11.4 Å². The Balaban J connectivity index is 0.00000150. The number of nitrogens with two attached hydrogens (primary N) is 1. The highest BCUT2D eigenvalue weighted by Gasteiger charge is 2.25. The molecule has 2 aromatic heterocycles. The summed E-state index contributed by atoms with van der Waals surface area (Å²) in [5.74, 6) is 1.19. The predicted molar refractivity (Wildman–Crippen MR) is 116 cm³/mol. The van der Waals surface area contributed by atoms with E-state index in [-0.39, 0.29) is 43.3 Å². The van der Waals surface area contributed by atoms with Crippen molar-refractivity contribution in [1.29, 1.82) is 0 Å². The Morgan fingerprint density at radius 1 is 1.17 bits per heavy atom. The average Bonchev–Trinajstić information content (AvgIpc) is 3.26. The molecular weight excluding hydrogens is 411 g/mol. The van der Waals surface area contributed by atoms with E-state index in [1.54, 1.807) is 4.68 Å². The number of hydrogen-bond donors (Lipinski definition) is 1. The zero-order valence-electron chi connectivity index (χ0n) is 16.3. The van der Waals surface area contributed by atoms with E-state index in [1.807, 2.05) is 61.3 Å². The van der Waals surface area contributed by atoms with Crippen LogP contribution in [0, 0.1) is 6.92 Å². The number of rotatable bonds is 4. The van der Waals surface area contributed by atoms with E-state index in [0.29, 0.717) is 24.7 Å². The number of halogens is 2. The number of benzene rings is 1. The van der Waals surface area contributed by atoms with E-state index in [9.17, 15) is 4.79 Å². The van der Waals surface area contributed by atoms with Gasteiger partial charge in [0.2, 0.25) is 5.91 Å². The fourth-order valence-electron chi connectivity index (χ4n) is 3.32. The third kappa shape index (κ3) is 4.75. The van der Waals surface area contributed by atoms with Gasteiger partial charge in [-0.05, 0) is 31.0 Å². The van der Waals surface area contributed by atoms with Gasteiger partial charge in [0.25, 0.3) is 0 Å². The highest BCUT2D eigenvalue weighted by Crippen LogP contribution is 2.23. The van der Waals surface area contributed by atoms with Gasteiger partial charge in [-0.2, -0.15) is 5.10 Å². The van der Waals surface area contributed by atoms with Gasteiger partial charge in [0.05, 0.1) is 6.04 Å². The minimum atomic E-state index is -0.314. The Labute approximate surface area is 182 Å². The van der Waals surface area contributed by atoms with Crippen molar-refractivity contribution in [3.63, 3.8) is 0 Å². The molecule has 0 saturated heterocycles. The van der Waals surface area contributed by atoms with E-state index < -0.39 is 0 Å². The van der Waals surface area contributed by atoms with E-state index in [4.69, 9.17) is 5.73 Å². The second-order valence-electron chi connectivity index (χ2n) is 6.95. The van der Waals surface area contributed by atoms with Crippen molar-refractivity contribution in [2.24, 2.45) is 5.73 Å². The molecule has 1 aliphatic heterocycles. The van der Waals surface area contributed by atoms with Crippen LogP contribution in [0.15, 0.2) is 42.6 Å². The average molecular weight is 435 g/mol. The predicted octanol–water partition coefficient (Wildman–Crippen LogP) is 3.05. The molecule has 0 fully saturated rings. The molecular formula is C20H24Cl2N6O. The first-order chi connectivity index (χ1) is 13.0. The van der Waals surface area contributed by atoms with Crippen molar-refractivity contribution in [3.05, 3.63) is 65.2 Å². The zero-order chi connectivity index (χ0) is 19.0. The van der Waals surface area contributed by atoms with Crippen LogP contribution < -0.4 is 5.73 Å². The monoisotopic (exact) mass is 434 g/mol. The SMILES string of the molecule is Cc1cc2c(cn1)CN(C(=O)Cn1nc(-c3ccccc3)nc1[C@H](C)N)C2.Cl.Cl. The summed E-state index contributed by atoms with van der Waals surface area (Å²) in [5.41, 5.74) is 10.2. The molecule has 1 aromatic carbocycles. The molecule has 0 aliphatic carbocycles. The van der Waals surface area contributed by atoms with Crippen molar-refractivity contribution in [3.8, 4) is 11.4 Å². The largest absolute Gasteiger partial charge is 0.332 e. The number of hydrogen-bond acceptors (Lipinski definition) is 5. The van der Waals surface area contributed by atoms with Crippen molar-refractivity contribution in [2.75, 3.05) is 0 Å². The maximum absolute atomic E-state index is 12.9. The summed E-state index contributed by atoms with van der Waals surface area (Å²) in [5, 5.41) is 4.54. The Morgan fingerprint density at radius 3 is 2.55 bits per heavy atom. The number of nitrogens with zero attached hydrogens (tertiary/aromatic N) is 5. The fraction of sp³-hybridized carbons (Fsp3) is 0.300. The molecule has 3 heterocycles. The lowest BCUT2D eigenvalue weighted by atomic mass is 10.2. The number of amides is 1. The topological polar surface area (TPSA) is 89.9 Å². The molecule has 1 atom stereocenters. The van der Waals surface area contributed by atoms with Gasteiger partial charge in [-0.15, -0.1) is 24.8 Å². The Bertz CT molecular complexity index is 990. The highest BCUT2D eigenvalue weighted by atomic mass is 35.5.